The van der Waals surface area contributed by atoms with Crippen molar-refractivity contribution >= 4 is 17.7 Å². The van der Waals surface area contributed by atoms with E-state index >= 15 is 0 Å². The second-order valence-electron chi connectivity index (χ2n) is 5.05. The molecule has 3 rings (SSSR count). The highest BCUT2D eigenvalue weighted by atomic mass is 32.2. The van der Waals surface area contributed by atoms with Crippen molar-refractivity contribution in [1.29, 1.82) is 0 Å². The quantitative estimate of drug-likeness (QED) is 0.851. The average molecular weight is 317 g/mol. The third kappa shape index (κ3) is 3.25. The topological polar surface area (TPSA) is 29.5 Å². The van der Waals surface area contributed by atoms with Crippen LogP contribution in [0, 0.1) is 5.82 Å². The van der Waals surface area contributed by atoms with E-state index in [1.54, 1.807) is 48.2 Å². The Morgan fingerprint density at radius 1 is 1.23 bits per heavy atom. The van der Waals surface area contributed by atoms with Gasteiger partial charge in [0.25, 0.3) is 5.91 Å². The van der Waals surface area contributed by atoms with Gasteiger partial charge >= 0.3 is 0 Å². The second kappa shape index (κ2) is 6.40. The fraction of sp³-hybridized carbons (Fsp3) is 0.235. The lowest BCUT2D eigenvalue weighted by Gasteiger charge is -2.20. The summed E-state index contributed by atoms with van der Waals surface area (Å²) in [5.74, 6) is 1.78. The minimum Gasteiger partial charge on any atom is -0.457 e. The third-order valence-electron chi connectivity index (χ3n) is 3.52. The number of thioether (sulfide) groups is 1. The minimum atomic E-state index is -0.309. The molecule has 0 aliphatic carbocycles. The number of hydrogen-bond acceptors (Lipinski definition) is 3. The molecule has 2 aromatic rings. The largest absolute Gasteiger partial charge is 0.457 e. The molecule has 3 nitrogen and oxygen atoms in total. The van der Waals surface area contributed by atoms with Gasteiger partial charge in [-0.1, -0.05) is 6.07 Å². The minimum absolute atomic E-state index is 0.0158. The van der Waals surface area contributed by atoms with E-state index in [0.29, 0.717) is 17.1 Å². The summed E-state index contributed by atoms with van der Waals surface area (Å²) in [6, 6.07) is 12.9. The summed E-state index contributed by atoms with van der Waals surface area (Å²) in [6.07, 6.45) is 0. The molecule has 1 heterocycles. The van der Waals surface area contributed by atoms with E-state index in [-0.39, 0.29) is 17.1 Å². The first-order valence-electron chi connectivity index (χ1n) is 7.09. The van der Waals surface area contributed by atoms with Gasteiger partial charge in [-0.05, 0) is 49.4 Å². The molecule has 1 unspecified atom stereocenters. The molecule has 0 N–H and O–H groups in total. The summed E-state index contributed by atoms with van der Waals surface area (Å²) < 4.78 is 18.6. The van der Waals surface area contributed by atoms with Crippen LogP contribution >= 0.6 is 11.8 Å². The first-order chi connectivity index (χ1) is 10.6. The monoisotopic (exact) mass is 317 g/mol. The predicted octanol–water partition coefficient (Wildman–Crippen LogP) is 4.15. The summed E-state index contributed by atoms with van der Waals surface area (Å²) in [6.45, 7) is 2.81. The van der Waals surface area contributed by atoms with Gasteiger partial charge in [-0.3, -0.25) is 4.79 Å². The first kappa shape index (κ1) is 14.9. The van der Waals surface area contributed by atoms with Crippen molar-refractivity contribution in [3.05, 3.63) is 59.9 Å². The lowest BCUT2D eigenvalue weighted by atomic mass is 10.2. The molecule has 0 radical (unpaired) electrons. The molecule has 114 valence electrons. The van der Waals surface area contributed by atoms with Gasteiger partial charge in [0.15, 0.2) is 0 Å². The lowest BCUT2D eigenvalue weighted by Crippen LogP contribution is -2.33. The molecular formula is C17H16FNO2S. The Morgan fingerprint density at radius 3 is 2.68 bits per heavy atom. The van der Waals surface area contributed by atoms with Gasteiger partial charge in [0, 0.05) is 17.9 Å². The number of benzene rings is 2. The molecule has 1 amide bonds. The lowest BCUT2D eigenvalue weighted by molar-refractivity contribution is 0.0768. The van der Waals surface area contributed by atoms with Crippen LogP contribution in [0.5, 0.6) is 11.5 Å². The molecular weight excluding hydrogens is 301 g/mol. The average Bonchev–Trinajstić information content (AvgIpc) is 2.95. The molecule has 1 aliphatic rings. The van der Waals surface area contributed by atoms with Crippen LogP contribution in [0.25, 0.3) is 0 Å². The number of amides is 1. The Labute approximate surface area is 133 Å². The maximum atomic E-state index is 12.9. The van der Waals surface area contributed by atoms with Crippen molar-refractivity contribution in [2.75, 3.05) is 12.3 Å². The maximum absolute atomic E-state index is 12.9. The number of carbonyl (C=O) groups excluding carboxylic acids is 1. The van der Waals surface area contributed by atoms with E-state index in [4.69, 9.17) is 4.74 Å². The number of nitrogens with zero attached hydrogens (tertiary/aromatic N) is 1. The fourth-order valence-electron chi connectivity index (χ4n) is 2.36. The van der Waals surface area contributed by atoms with Gasteiger partial charge in [0.1, 0.15) is 17.3 Å². The van der Waals surface area contributed by atoms with Crippen molar-refractivity contribution in [1.82, 2.24) is 4.90 Å². The second-order valence-corrected chi connectivity index (χ2v) is 6.48. The predicted molar refractivity (Wildman–Crippen MR) is 85.9 cm³/mol. The Morgan fingerprint density at radius 2 is 2.00 bits per heavy atom. The normalized spacial score (nSPS) is 17.5. The SMILES string of the molecule is CC1SCCN1C(=O)c1cccc(Oc2ccc(F)cc2)c1. The van der Waals surface area contributed by atoms with Crippen LogP contribution in [0.2, 0.25) is 0 Å². The Kier molecular flexibility index (Phi) is 4.34. The van der Waals surface area contributed by atoms with Gasteiger partial charge in [-0.15, -0.1) is 11.8 Å². The highest BCUT2D eigenvalue weighted by Gasteiger charge is 2.26. The molecule has 0 aromatic heterocycles. The van der Waals surface area contributed by atoms with Crippen LogP contribution in [-0.2, 0) is 0 Å². The number of carbonyl (C=O) groups is 1. The number of rotatable bonds is 3. The first-order valence-corrected chi connectivity index (χ1v) is 8.14. The van der Waals surface area contributed by atoms with Crippen LogP contribution in [0.15, 0.2) is 48.5 Å². The fourth-order valence-corrected chi connectivity index (χ4v) is 3.38. The van der Waals surface area contributed by atoms with Crippen LogP contribution in [-0.4, -0.2) is 28.5 Å². The van der Waals surface area contributed by atoms with Crippen molar-refractivity contribution in [2.24, 2.45) is 0 Å². The Balaban J connectivity index is 1.77. The van der Waals surface area contributed by atoms with E-state index < -0.39 is 0 Å². The van der Waals surface area contributed by atoms with E-state index in [1.165, 1.54) is 12.1 Å². The molecule has 5 heteroatoms. The molecule has 0 spiro atoms. The van der Waals surface area contributed by atoms with Crippen molar-refractivity contribution in [2.45, 2.75) is 12.3 Å². The summed E-state index contributed by atoms with van der Waals surface area (Å²) in [5.41, 5.74) is 0.606. The van der Waals surface area contributed by atoms with E-state index in [0.717, 1.165) is 12.3 Å². The van der Waals surface area contributed by atoms with Gasteiger partial charge in [0.2, 0.25) is 0 Å². The van der Waals surface area contributed by atoms with Crippen molar-refractivity contribution in [3.63, 3.8) is 0 Å². The Hall–Kier alpha value is -2.01. The highest BCUT2D eigenvalue weighted by molar-refractivity contribution is 8.00. The number of hydrogen-bond donors (Lipinski definition) is 0. The van der Waals surface area contributed by atoms with Crippen LogP contribution in [0.4, 0.5) is 4.39 Å². The molecule has 2 aromatic carbocycles. The molecule has 1 aliphatic heterocycles. The van der Waals surface area contributed by atoms with Crippen LogP contribution in [0.1, 0.15) is 17.3 Å². The molecule has 0 saturated carbocycles. The molecule has 1 fully saturated rings. The number of ether oxygens (including phenoxy) is 1. The molecule has 1 saturated heterocycles. The highest BCUT2D eigenvalue weighted by Crippen LogP contribution is 2.27. The van der Waals surface area contributed by atoms with Crippen LogP contribution < -0.4 is 4.74 Å². The van der Waals surface area contributed by atoms with E-state index in [2.05, 4.69) is 0 Å². The van der Waals surface area contributed by atoms with Crippen molar-refractivity contribution < 1.29 is 13.9 Å². The van der Waals surface area contributed by atoms with Gasteiger partial charge in [-0.2, -0.15) is 0 Å². The summed E-state index contributed by atoms with van der Waals surface area (Å²) in [7, 11) is 0. The zero-order valence-electron chi connectivity index (χ0n) is 12.2. The van der Waals surface area contributed by atoms with Crippen molar-refractivity contribution in [3.8, 4) is 11.5 Å². The summed E-state index contributed by atoms with van der Waals surface area (Å²) >= 11 is 1.77. The molecule has 1 atom stereocenters. The van der Waals surface area contributed by atoms with Gasteiger partial charge in [0.05, 0.1) is 5.37 Å². The summed E-state index contributed by atoms with van der Waals surface area (Å²) in [4.78, 5) is 14.4. The van der Waals surface area contributed by atoms with Crippen LogP contribution in [0.3, 0.4) is 0 Å². The molecule has 22 heavy (non-hydrogen) atoms. The van der Waals surface area contributed by atoms with E-state index in [9.17, 15) is 9.18 Å². The zero-order valence-corrected chi connectivity index (χ0v) is 13.0. The zero-order chi connectivity index (χ0) is 15.5. The third-order valence-corrected chi connectivity index (χ3v) is 4.68. The summed E-state index contributed by atoms with van der Waals surface area (Å²) in [5, 5.41) is 0.203. The smallest absolute Gasteiger partial charge is 0.254 e. The maximum Gasteiger partial charge on any atom is 0.254 e. The Bertz CT molecular complexity index is 675. The standard InChI is InChI=1S/C17H16FNO2S/c1-12-19(9-10-22-12)17(20)13-3-2-4-16(11-13)21-15-7-5-14(18)6-8-15/h2-8,11-12H,9-10H2,1H3. The van der Waals surface area contributed by atoms with Gasteiger partial charge in [-0.25, -0.2) is 4.39 Å². The number of halogens is 1. The van der Waals surface area contributed by atoms with Gasteiger partial charge < -0.3 is 9.64 Å². The van der Waals surface area contributed by atoms with E-state index in [1.807, 2.05) is 11.8 Å². The molecule has 0 bridgehead atoms.